The van der Waals surface area contributed by atoms with Crippen molar-refractivity contribution in [3.63, 3.8) is 0 Å². The largest absolute Gasteiger partial charge is 0.370 e. The topological polar surface area (TPSA) is 72.3 Å². The second-order valence-electron chi connectivity index (χ2n) is 5.06. The zero-order valence-electron chi connectivity index (χ0n) is 11.5. The Balaban J connectivity index is 1.88. The van der Waals surface area contributed by atoms with Crippen LogP contribution < -0.4 is 5.73 Å². The molecule has 0 amide bonds. The Morgan fingerprint density at radius 2 is 2.32 bits per heavy atom. The highest BCUT2D eigenvalue weighted by atomic mass is 15.4. The first kappa shape index (κ1) is 13.6. The lowest BCUT2D eigenvalue weighted by molar-refractivity contribution is 0.277. The molecule has 6 nitrogen and oxygen atoms in total. The van der Waals surface area contributed by atoms with Crippen molar-refractivity contribution in [2.75, 3.05) is 13.1 Å². The standard InChI is InChI=1S/C13H22N6/c1-3-6-19-10-12(16-17-19)9-15-13(14)18-7-4-11(2)5-8-18/h3,10-11H,1,4-9H2,2H3,(H2,14,15). The van der Waals surface area contributed by atoms with E-state index in [0.717, 1.165) is 24.7 Å². The summed E-state index contributed by atoms with van der Waals surface area (Å²) in [5, 5.41) is 8.03. The quantitative estimate of drug-likeness (QED) is 0.499. The lowest BCUT2D eigenvalue weighted by Gasteiger charge is -2.30. The van der Waals surface area contributed by atoms with Gasteiger partial charge in [0.1, 0.15) is 5.69 Å². The van der Waals surface area contributed by atoms with Gasteiger partial charge in [0.2, 0.25) is 0 Å². The number of piperidine rings is 1. The summed E-state index contributed by atoms with van der Waals surface area (Å²) >= 11 is 0. The highest BCUT2D eigenvalue weighted by Crippen LogP contribution is 2.15. The van der Waals surface area contributed by atoms with Gasteiger partial charge in [0.25, 0.3) is 0 Å². The first-order valence-electron chi connectivity index (χ1n) is 6.74. The van der Waals surface area contributed by atoms with E-state index in [1.165, 1.54) is 12.8 Å². The molecular weight excluding hydrogens is 240 g/mol. The number of hydrogen-bond acceptors (Lipinski definition) is 3. The van der Waals surface area contributed by atoms with Gasteiger partial charge in [0.15, 0.2) is 5.96 Å². The number of aliphatic imine (C=N–C) groups is 1. The molecule has 2 rings (SSSR count). The number of nitrogens with zero attached hydrogens (tertiary/aromatic N) is 5. The minimum atomic E-state index is 0.481. The van der Waals surface area contributed by atoms with Crippen LogP contribution in [-0.2, 0) is 13.1 Å². The van der Waals surface area contributed by atoms with Crippen molar-refractivity contribution in [3.05, 3.63) is 24.5 Å². The van der Waals surface area contributed by atoms with E-state index >= 15 is 0 Å². The molecular formula is C13H22N6. The Morgan fingerprint density at radius 3 is 3.00 bits per heavy atom. The number of hydrogen-bond donors (Lipinski definition) is 1. The molecule has 1 saturated heterocycles. The van der Waals surface area contributed by atoms with Crippen LogP contribution >= 0.6 is 0 Å². The van der Waals surface area contributed by atoms with Crippen molar-refractivity contribution in [2.24, 2.45) is 16.6 Å². The van der Waals surface area contributed by atoms with Crippen LogP contribution in [0.2, 0.25) is 0 Å². The summed E-state index contributed by atoms with van der Waals surface area (Å²) in [5.74, 6) is 1.41. The fraction of sp³-hybridized carbons (Fsp3) is 0.615. The van der Waals surface area contributed by atoms with Crippen LogP contribution in [0.15, 0.2) is 23.8 Å². The predicted octanol–water partition coefficient (Wildman–Crippen LogP) is 1.01. The summed E-state index contributed by atoms with van der Waals surface area (Å²) in [6.45, 7) is 9.09. The van der Waals surface area contributed by atoms with Gasteiger partial charge in [0.05, 0.1) is 19.3 Å². The van der Waals surface area contributed by atoms with Gasteiger partial charge in [-0.3, -0.25) is 0 Å². The van der Waals surface area contributed by atoms with Crippen LogP contribution in [0.3, 0.4) is 0 Å². The van der Waals surface area contributed by atoms with Crippen LogP contribution in [0.25, 0.3) is 0 Å². The summed E-state index contributed by atoms with van der Waals surface area (Å²) < 4.78 is 1.73. The Morgan fingerprint density at radius 1 is 1.58 bits per heavy atom. The zero-order chi connectivity index (χ0) is 13.7. The van der Waals surface area contributed by atoms with Gasteiger partial charge in [-0.05, 0) is 18.8 Å². The van der Waals surface area contributed by atoms with Crippen molar-refractivity contribution < 1.29 is 0 Å². The minimum Gasteiger partial charge on any atom is -0.370 e. The highest BCUT2D eigenvalue weighted by molar-refractivity contribution is 5.78. The van der Waals surface area contributed by atoms with E-state index in [1.54, 1.807) is 10.8 Å². The SMILES string of the molecule is C=CCn1cc(CN=C(N)N2CCC(C)CC2)nn1. The molecule has 0 atom stereocenters. The molecule has 0 aromatic carbocycles. The van der Waals surface area contributed by atoms with E-state index in [4.69, 9.17) is 5.73 Å². The number of aromatic nitrogens is 3. The van der Waals surface area contributed by atoms with Crippen molar-refractivity contribution in [1.82, 2.24) is 19.9 Å². The average Bonchev–Trinajstić information content (AvgIpc) is 2.85. The summed E-state index contributed by atoms with van der Waals surface area (Å²) in [4.78, 5) is 6.54. The number of nitrogens with two attached hydrogens (primary N) is 1. The fourth-order valence-corrected chi connectivity index (χ4v) is 2.13. The van der Waals surface area contributed by atoms with Gasteiger partial charge >= 0.3 is 0 Å². The van der Waals surface area contributed by atoms with Gasteiger partial charge in [0, 0.05) is 13.1 Å². The molecule has 0 radical (unpaired) electrons. The summed E-state index contributed by atoms with van der Waals surface area (Å²) in [7, 11) is 0. The molecule has 1 aromatic rings. The first-order chi connectivity index (χ1) is 9.19. The molecule has 0 spiro atoms. The molecule has 6 heteroatoms. The van der Waals surface area contributed by atoms with E-state index in [-0.39, 0.29) is 0 Å². The van der Waals surface area contributed by atoms with Gasteiger partial charge in [-0.15, -0.1) is 11.7 Å². The molecule has 1 aromatic heterocycles. The number of allylic oxidation sites excluding steroid dienone is 1. The summed E-state index contributed by atoms with van der Waals surface area (Å²) in [6, 6.07) is 0. The van der Waals surface area contributed by atoms with Crippen LogP contribution in [0.4, 0.5) is 0 Å². The molecule has 1 fully saturated rings. The van der Waals surface area contributed by atoms with Gasteiger partial charge < -0.3 is 10.6 Å². The molecule has 1 aliphatic heterocycles. The van der Waals surface area contributed by atoms with Crippen LogP contribution in [0.5, 0.6) is 0 Å². The maximum absolute atomic E-state index is 6.01. The van der Waals surface area contributed by atoms with E-state index in [0.29, 0.717) is 19.0 Å². The molecule has 0 aliphatic carbocycles. The van der Waals surface area contributed by atoms with Crippen molar-refractivity contribution in [3.8, 4) is 0 Å². The number of rotatable bonds is 4. The number of guanidine groups is 1. The Bertz CT molecular complexity index is 442. The molecule has 0 unspecified atom stereocenters. The molecule has 1 aliphatic rings. The van der Waals surface area contributed by atoms with E-state index < -0.39 is 0 Å². The minimum absolute atomic E-state index is 0.481. The summed E-state index contributed by atoms with van der Waals surface area (Å²) in [5.41, 5.74) is 6.84. The van der Waals surface area contributed by atoms with Crippen molar-refractivity contribution in [2.45, 2.75) is 32.9 Å². The Hall–Kier alpha value is -1.85. The Kier molecular flexibility index (Phi) is 4.54. The van der Waals surface area contributed by atoms with E-state index in [2.05, 4.69) is 33.7 Å². The molecule has 2 heterocycles. The van der Waals surface area contributed by atoms with Crippen LogP contribution in [0.1, 0.15) is 25.5 Å². The molecule has 104 valence electrons. The van der Waals surface area contributed by atoms with Crippen molar-refractivity contribution in [1.29, 1.82) is 0 Å². The third kappa shape index (κ3) is 3.81. The summed E-state index contributed by atoms with van der Waals surface area (Å²) in [6.07, 6.45) is 6.03. The molecule has 2 N–H and O–H groups in total. The average molecular weight is 262 g/mol. The van der Waals surface area contributed by atoms with E-state index in [9.17, 15) is 0 Å². The highest BCUT2D eigenvalue weighted by Gasteiger charge is 2.16. The third-order valence-electron chi connectivity index (χ3n) is 3.41. The maximum Gasteiger partial charge on any atom is 0.191 e. The lowest BCUT2D eigenvalue weighted by Crippen LogP contribution is -2.42. The maximum atomic E-state index is 6.01. The fourth-order valence-electron chi connectivity index (χ4n) is 2.13. The zero-order valence-corrected chi connectivity index (χ0v) is 11.5. The van der Waals surface area contributed by atoms with Gasteiger partial charge in [-0.25, -0.2) is 9.67 Å². The normalized spacial score (nSPS) is 17.7. The van der Waals surface area contributed by atoms with Gasteiger partial charge in [-0.1, -0.05) is 18.2 Å². The van der Waals surface area contributed by atoms with Crippen LogP contribution in [0, 0.1) is 5.92 Å². The molecule has 19 heavy (non-hydrogen) atoms. The van der Waals surface area contributed by atoms with E-state index in [1.807, 2.05) is 6.20 Å². The third-order valence-corrected chi connectivity index (χ3v) is 3.41. The smallest absolute Gasteiger partial charge is 0.191 e. The van der Waals surface area contributed by atoms with Crippen LogP contribution in [-0.4, -0.2) is 38.9 Å². The monoisotopic (exact) mass is 262 g/mol. The lowest BCUT2D eigenvalue weighted by atomic mass is 10.00. The second kappa shape index (κ2) is 6.36. The van der Waals surface area contributed by atoms with Crippen molar-refractivity contribution >= 4 is 5.96 Å². The number of likely N-dealkylation sites (tertiary alicyclic amines) is 1. The molecule has 0 bridgehead atoms. The first-order valence-corrected chi connectivity index (χ1v) is 6.74. The Labute approximate surface area is 114 Å². The second-order valence-corrected chi connectivity index (χ2v) is 5.06. The predicted molar refractivity (Wildman–Crippen MR) is 75.5 cm³/mol. The molecule has 0 saturated carbocycles. The van der Waals surface area contributed by atoms with Gasteiger partial charge in [-0.2, -0.15) is 0 Å².